The van der Waals surface area contributed by atoms with E-state index >= 15 is 0 Å². The molecule has 0 aliphatic rings. The van der Waals surface area contributed by atoms with E-state index in [1.807, 2.05) is 19.1 Å². The van der Waals surface area contributed by atoms with Crippen molar-refractivity contribution >= 4 is 33.2 Å². The third-order valence-corrected chi connectivity index (χ3v) is 5.88. The van der Waals surface area contributed by atoms with Crippen molar-refractivity contribution in [2.45, 2.75) is 23.7 Å². The number of nitrogens with one attached hydrogen (secondary N) is 1. The van der Waals surface area contributed by atoms with Crippen molar-refractivity contribution < 1.29 is 8.42 Å². The zero-order chi connectivity index (χ0) is 15.6. The van der Waals surface area contributed by atoms with Gasteiger partial charge in [-0.15, -0.1) is 11.6 Å². The number of benzene rings is 1. The Balaban J connectivity index is 2.28. The first-order chi connectivity index (χ1) is 9.86. The van der Waals surface area contributed by atoms with Gasteiger partial charge in [0.25, 0.3) is 0 Å². The third-order valence-electron chi connectivity index (χ3n) is 3.44. The Labute approximate surface area is 134 Å². The predicted molar refractivity (Wildman–Crippen MR) is 85.2 cm³/mol. The lowest BCUT2D eigenvalue weighted by Gasteiger charge is -2.24. The lowest BCUT2D eigenvalue weighted by Crippen LogP contribution is -2.29. The van der Waals surface area contributed by atoms with E-state index in [0.717, 1.165) is 5.56 Å². The van der Waals surface area contributed by atoms with Crippen LogP contribution in [-0.4, -0.2) is 24.8 Å². The largest absolute Gasteiger partial charge is 0.363 e. The summed E-state index contributed by atoms with van der Waals surface area (Å²) >= 11 is 11.5. The van der Waals surface area contributed by atoms with Gasteiger partial charge in [0, 0.05) is 30.0 Å². The van der Waals surface area contributed by atoms with Crippen molar-refractivity contribution in [1.29, 1.82) is 0 Å². The maximum absolute atomic E-state index is 12.6. The predicted octanol–water partition coefficient (Wildman–Crippen LogP) is 3.79. The zero-order valence-electron chi connectivity index (χ0n) is 11.7. The van der Waals surface area contributed by atoms with Crippen LogP contribution in [0.3, 0.4) is 0 Å². The second kappa shape index (κ2) is 6.40. The van der Waals surface area contributed by atoms with Gasteiger partial charge in [0.2, 0.25) is 10.0 Å². The van der Waals surface area contributed by atoms with Crippen molar-refractivity contribution in [2.75, 3.05) is 7.05 Å². The van der Waals surface area contributed by atoms with Crippen LogP contribution in [0.25, 0.3) is 0 Å². The summed E-state index contributed by atoms with van der Waals surface area (Å²) in [5, 5.41) is 0.619. The Morgan fingerprint density at radius 3 is 2.43 bits per heavy atom. The highest BCUT2D eigenvalue weighted by molar-refractivity contribution is 7.89. The molecule has 1 atom stereocenters. The molecule has 4 nitrogen and oxygen atoms in total. The van der Waals surface area contributed by atoms with Crippen LogP contribution in [0.5, 0.6) is 0 Å². The quantitative estimate of drug-likeness (QED) is 0.837. The SMILES string of the molecule is CC(c1ccc(Cl)cc1)N(C)S(=O)(=O)c1c[nH]c(CCl)c1. The first-order valence-electron chi connectivity index (χ1n) is 6.33. The van der Waals surface area contributed by atoms with Crippen molar-refractivity contribution in [3.8, 4) is 0 Å². The molecule has 1 aromatic heterocycles. The highest BCUT2D eigenvalue weighted by atomic mass is 35.5. The first kappa shape index (κ1) is 16.4. The molecule has 1 N–H and O–H groups in total. The molecule has 0 aliphatic carbocycles. The molecule has 2 aromatic rings. The van der Waals surface area contributed by atoms with Gasteiger partial charge in [0.05, 0.1) is 10.8 Å². The average Bonchev–Trinajstić information content (AvgIpc) is 2.96. The number of halogens is 2. The zero-order valence-corrected chi connectivity index (χ0v) is 14.0. The van der Waals surface area contributed by atoms with Gasteiger partial charge >= 0.3 is 0 Å². The molecule has 0 fully saturated rings. The van der Waals surface area contributed by atoms with E-state index in [2.05, 4.69) is 4.98 Å². The molecule has 0 radical (unpaired) electrons. The molecule has 0 amide bonds. The van der Waals surface area contributed by atoms with Gasteiger partial charge in [-0.2, -0.15) is 4.31 Å². The maximum Gasteiger partial charge on any atom is 0.244 e. The average molecular weight is 347 g/mol. The molecule has 1 unspecified atom stereocenters. The van der Waals surface area contributed by atoms with Crippen LogP contribution < -0.4 is 0 Å². The molecule has 114 valence electrons. The number of hydrogen-bond donors (Lipinski definition) is 1. The fraction of sp³-hybridized carbons (Fsp3) is 0.286. The number of alkyl halides is 1. The van der Waals surface area contributed by atoms with E-state index in [4.69, 9.17) is 23.2 Å². The van der Waals surface area contributed by atoms with E-state index < -0.39 is 10.0 Å². The summed E-state index contributed by atoms with van der Waals surface area (Å²) in [6.07, 6.45) is 1.46. The lowest BCUT2D eigenvalue weighted by molar-refractivity contribution is 0.398. The normalized spacial score (nSPS) is 13.6. The van der Waals surface area contributed by atoms with Gasteiger partial charge in [0.1, 0.15) is 0 Å². The summed E-state index contributed by atoms with van der Waals surface area (Å²) in [6.45, 7) is 1.83. The van der Waals surface area contributed by atoms with Gasteiger partial charge in [-0.05, 0) is 30.7 Å². The van der Waals surface area contributed by atoms with E-state index in [1.165, 1.54) is 10.5 Å². The van der Waals surface area contributed by atoms with Crippen molar-refractivity contribution in [3.63, 3.8) is 0 Å². The number of nitrogens with zero attached hydrogens (tertiary/aromatic N) is 1. The number of rotatable bonds is 5. The van der Waals surface area contributed by atoms with Crippen LogP contribution in [-0.2, 0) is 15.9 Å². The Morgan fingerprint density at radius 2 is 1.90 bits per heavy atom. The number of sulfonamides is 1. The van der Waals surface area contributed by atoms with Crippen LogP contribution >= 0.6 is 23.2 Å². The second-order valence-electron chi connectivity index (χ2n) is 4.74. The van der Waals surface area contributed by atoms with Crippen molar-refractivity contribution in [1.82, 2.24) is 9.29 Å². The molecule has 7 heteroatoms. The van der Waals surface area contributed by atoms with E-state index in [9.17, 15) is 8.42 Å². The molecular formula is C14H16Cl2N2O2S. The molecule has 0 aliphatic heterocycles. The minimum absolute atomic E-state index is 0.210. The monoisotopic (exact) mass is 346 g/mol. The van der Waals surface area contributed by atoms with E-state index in [1.54, 1.807) is 25.2 Å². The third kappa shape index (κ3) is 3.43. The van der Waals surface area contributed by atoms with Crippen molar-refractivity contribution in [3.05, 3.63) is 52.8 Å². The molecule has 0 spiro atoms. The summed E-state index contributed by atoms with van der Waals surface area (Å²) in [7, 11) is -2.02. The fourth-order valence-electron chi connectivity index (χ4n) is 1.97. The van der Waals surface area contributed by atoms with Crippen molar-refractivity contribution in [2.24, 2.45) is 0 Å². The molecule has 2 rings (SSSR count). The summed E-state index contributed by atoms with van der Waals surface area (Å²) in [6, 6.07) is 8.38. The molecule has 1 heterocycles. The Kier molecular flexibility index (Phi) is 4.99. The van der Waals surface area contributed by atoms with E-state index in [0.29, 0.717) is 10.7 Å². The van der Waals surface area contributed by atoms with Gasteiger partial charge < -0.3 is 4.98 Å². The van der Waals surface area contributed by atoms with Gasteiger partial charge in [0.15, 0.2) is 0 Å². The number of aromatic amines is 1. The molecule has 21 heavy (non-hydrogen) atoms. The Bertz CT molecular complexity index is 711. The summed E-state index contributed by atoms with van der Waals surface area (Å²) < 4.78 is 26.5. The van der Waals surface area contributed by atoms with Crippen LogP contribution in [0.2, 0.25) is 5.02 Å². The molecule has 1 aromatic carbocycles. The van der Waals surface area contributed by atoms with Crippen LogP contribution in [0.15, 0.2) is 41.4 Å². The fourth-order valence-corrected chi connectivity index (χ4v) is 3.62. The Morgan fingerprint density at radius 1 is 1.29 bits per heavy atom. The second-order valence-corrected chi connectivity index (χ2v) is 7.44. The number of aromatic nitrogens is 1. The summed E-state index contributed by atoms with van der Waals surface area (Å²) in [5.41, 5.74) is 1.54. The molecule has 0 bridgehead atoms. The Hall–Kier alpha value is -1.01. The van der Waals surface area contributed by atoms with Crippen LogP contribution in [0.4, 0.5) is 0 Å². The summed E-state index contributed by atoms with van der Waals surface area (Å²) in [5.74, 6) is 0.242. The lowest BCUT2D eigenvalue weighted by atomic mass is 10.1. The van der Waals surface area contributed by atoms with Gasteiger partial charge in [-0.3, -0.25) is 0 Å². The topological polar surface area (TPSA) is 53.2 Å². The van der Waals surface area contributed by atoms with E-state index in [-0.39, 0.29) is 16.8 Å². The number of hydrogen-bond acceptors (Lipinski definition) is 2. The molecule has 0 saturated carbocycles. The maximum atomic E-state index is 12.6. The highest BCUT2D eigenvalue weighted by Gasteiger charge is 2.27. The number of H-pyrrole nitrogens is 1. The first-order valence-corrected chi connectivity index (χ1v) is 8.68. The van der Waals surface area contributed by atoms with Crippen LogP contribution in [0.1, 0.15) is 24.2 Å². The smallest absolute Gasteiger partial charge is 0.244 e. The standard InChI is InChI=1S/C14H16Cl2N2O2S/c1-10(11-3-5-12(16)6-4-11)18(2)21(19,20)14-7-13(8-15)17-9-14/h3-7,9-10,17H,8H2,1-2H3. The van der Waals surface area contributed by atoms with Crippen LogP contribution in [0, 0.1) is 0 Å². The minimum Gasteiger partial charge on any atom is -0.363 e. The summed E-state index contributed by atoms with van der Waals surface area (Å²) in [4.78, 5) is 3.06. The highest BCUT2D eigenvalue weighted by Crippen LogP contribution is 2.27. The molecule has 0 saturated heterocycles. The van der Waals surface area contributed by atoms with Gasteiger partial charge in [-0.25, -0.2) is 8.42 Å². The van der Waals surface area contributed by atoms with Gasteiger partial charge in [-0.1, -0.05) is 23.7 Å². The molecular weight excluding hydrogens is 331 g/mol. The minimum atomic E-state index is -3.58.